The predicted molar refractivity (Wildman–Crippen MR) is 104 cm³/mol. The van der Waals surface area contributed by atoms with Gasteiger partial charge in [0.25, 0.3) is 0 Å². The molecule has 0 heterocycles. The van der Waals surface area contributed by atoms with Crippen LogP contribution in [0.4, 0.5) is 17.6 Å². The number of rotatable bonds is 3. The van der Waals surface area contributed by atoms with Crippen LogP contribution in [0.25, 0.3) is 21.9 Å². The van der Waals surface area contributed by atoms with Gasteiger partial charge >= 0.3 is 0 Å². The first kappa shape index (κ1) is 14.6. The Hall–Kier alpha value is -2.36. The maximum atomic E-state index is 15.2. The van der Waals surface area contributed by atoms with Crippen LogP contribution in [-0.4, -0.2) is 0 Å². The fourth-order valence-corrected chi connectivity index (χ4v) is 3.74. The van der Waals surface area contributed by atoms with Gasteiger partial charge in [0.2, 0.25) is 0 Å². The van der Waals surface area contributed by atoms with Gasteiger partial charge in [0.1, 0.15) is 5.82 Å². The lowest BCUT2D eigenvalue weighted by molar-refractivity contribution is 0.319. The summed E-state index contributed by atoms with van der Waals surface area (Å²) in [5, 5.41) is 0.704. The van der Waals surface area contributed by atoms with Gasteiger partial charge in [-0.05, 0) is 66.1 Å². The standard InChI is InChI=1S/C24H22F4/c1-2-14-3-5-15(6-4-14)16-7-9-19-17(11-16)8-10-20(23(19)27)18-12-21(25)24(28)22(26)13-18/h7-15H,2-6H2,1H3/i3D2,4D2. The molecule has 146 valence electrons. The molecule has 3 aromatic carbocycles. The van der Waals surface area contributed by atoms with E-state index in [2.05, 4.69) is 0 Å². The number of halogens is 4. The Kier molecular flexibility index (Phi) is 3.95. The van der Waals surface area contributed by atoms with Gasteiger partial charge in [-0.25, -0.2) is 17.6 Å². The molecule has 28 heavy (non-hydrogen) atoms. The van der Waals surface area contributed by atoms with Crippen molar-refractivity contribution in [2.75, 3.05) is 0 Å². The van der Waals surface area contributed by atoms with Crippen molar-refractivity contribution in [2.45, 2.75) is 44.8 Å². The van der Waals surface area contributed by atoms with Crippen LogP contribution in [-0.2, 0) is 0 Å². The minimum Gasteiger partial charge on any atom is -0.206 e. The maximum Gasteiger partial charge on any atom is 0.194 e. The Morgan fingerprint density at radius 2 is 1.57 bits per heavy atom. The molecule has 0 spiro atoms. The molecule has 0 saturated heterocycles. The summed E-state index contributed by atoms with van der Waals surface area (Å²) in [4.78, 5) is 0. The second-order valence-corrected chi connectivity index (χ2v) is 7.14. The zero-order chi connectivity index (χ0) is 23.4. The quantitative estimate of drug-likeness (QED) is 0.317. The van der Waals surface area contributed by atoms with E-state index in [0.717, 1.165) is 12.1 Å². The number of hydrogen-bond acceptors (Lipinski definition) is 0. The van der Waals surface area contributed by atoms with Crippen LogP contribution in [0, 0.1) is 29.2 Å². The summed E-state index contributed by atoms with van der Waals surface area (Å²) in [5.74, 6) is -6.18. The SMILES string of the molecule is [2H]C1([2H])CC(c2ccc3c(F)c(-c4cc(F)c(F)c(F)c4)ccc3c2)CC([2H])([2H])C1CC. The highest BCUT2D eigenvalue weighted by molar-refractivity contribution is 5.89. The highest BCUT2D eigenvalue weighted by Gasteiger charge is 2.22. The van der Waals surface area contributed by atoms with Gasteiger partial charge in [-0.3, -0.25) is 0 Å². The molecular formula is C24H22F4. The minimum atomic E-state index is -1.66. The highest BCUT2D eigenvalue weighted by atomic mass is 19.2. The van der Waals surface area contributed by atoms with Gasteiger partial charge in [-0.2, -0.15) is 0 Å². The molecule has 4 rings (SSSR count). The van der Waals surface area contributed by atoms with Crippen molar-refractivity contribution in [1.82, 2.24) is 0 Å². The lowest BCUT2D eigenvalue weighted by Crippen LogP contribution is -2.12. The Morgan fingerprint density at radius 3 is 2.21 bits per heavy atom. The molecule has 0 radical (unpaired) electrons. The van der Waals surface area contributed by atoms with E-state index in [4.69, 9.17) is 5.48 Å². The smallest absolute Gasteiger partial charge is 0.194 e. The molecule has 0 amide bonds. The predicted octanol–water partition coefficient (Wildman–Crippen LogP) is 7.75. The normalized spacial score (nSPS) is 25.6. The molecule has 4 heteroatoms. The Balaban J connectivity index is 1.73. The molecule has 0 N–H and O–H groups in total. The van der Waals surface area contributed by atoms with Crippen LogP contribution in [0.5, 0.6) is 0 Å². The summed E-state index contributed by atoms with van der Waals surface area (Å²) in [5.41, 5.74) is 0.522. The fraction of sp³-hybridized carbons (Fsp3) is 0.333. The molecule has 0 unspecified atom stereocenters. The lowest BCUT2D eigenvalue weighted by Gasteiger charge is -2.28. The van der Waals surface area contributed by atoms with Gasteiger partial charge in [0.05, 0.1) is 0 Å². The third-order valence-corrected chi connectivity index (χ3v) is 5.37. The summed E-state index contributed by atoms with van der Waals surface area (Å²) < 4.78 is 89.1. The average molecular weight is 390 g/mol. The van der Waals surface area contributed by atoms with E-state index >= 15 is 4.39 Å². The molecule has 0 nitrogen and oxygen atoms in total. The van der Waals surface area contributed by atoms with Crippen LogP contribution in [0.3, 0.4) is 0 Å². The van der Waals surface area contributed by atoms with Crippen molar-refractivity contribution in [2.24, 2.45) is 5.92 Å². The summed E-state index contributed by atoms with van der Waals surface area (Å²) >= 11 is 0. The fourth-order valence-electron chi connectivity index (χ4n) is 3.74. The lowest BCUT2D eigenvalue weighted by atomic mass is 9.77. The second-order valence-electron chi connectivity index (χ2n) is 7.14. The van der Waals surface area contributed by atoms with Crippen molar-refractivity contribution in [3.8, 4) is 11.1 Å². The molecule has 1 fully saturated rings. The van der Waals surface area contributed by atoms with E-state index in [1.165, 1.54) is 12.1 Å². The summed E-state index contributed by atoms with van der Waals surface area (Å²) in [7, 11) is 0. The monoisotopic (exact) mass is 390 g/mol. The van der Waals surface area contributed by atoms with Crippen LogP contribution >= 0.6 is 0 Å². The zero-order valence-electron chi connectivity index (χ0n) is 19.3. The summed E-state index contributed by atoms with van der Waals surface area (Å²) in [6.07, 6.45) is -2.58. The number of benzene rings is 3. The van der Waals surface area contributed by atoms with Crippen molar-refractivity contribution < 1.29 is 23.0 Å². The second kappa shape index (κ2) is 7.57. The number of fused-ring (bicyclic) bond motifs is 1. The van der Waals surface area contributed by atoms with Crippen LogP contribution in [0.1, 0.15) is 55.9 Å². The number of hydrogen-bond donors (Lipinski definition) is 0. The van der Waals surface area contributed by atoms with Gasteiger partial charge in [-0.1, -0.05) is 43.7 Å². The molecule has 1 aliphatic rings. The third-order valence-electron chi connectivity index (χ3n) is 5.37. The van der Waals surface area contributed by atoms with Gasteiger partial charge < -0.3 is 0 Å². The first-order valence-corrected chi connectivity index (χ1v) is 9.31. The Labute approximate surface area is 167 Å². The molecule has 1 saturated carbocycles. The van der Waals surface area contributed by atoms with E-state index in [1.807, 2.05) is 0 Å². The first-order valence-electron chi connectivity index (χ1n) is 11.3. The molecule has 3 aromatic rings. The van der Waals surface area contributed by atoms with E-state index < -0.39 is 41.9 Å². The van der Waals surface area contributed by atoms with E-state index in [-0.39, 0.29) is 35.3 Å². The molecule has 1 aliphatic carbocycles. The summed E-state index contributed by atoms with van der Waals surface area (Å²) in [6, 6.07) is 9.29. The van der Waals surface area contributed by atoms with Crippen molar-refractivity contribution in [3.63, 3.8) is 0 Å². The minimum absolute atomic E-state index is 0.0702. The molecule has 0 aliphatic heterocycles. The van der Waals surface area contributed by atoms with Crippen molar-refractivity contribution >= 4 is 10.8 Å². The Bertz CT molecular complexity index is 1150. The highest BCUT2D eigenvalue weighted by Crippen LogP contribution is 2.39. The van der Waals surface area contributed by atoms with Gasteiger partial charge in [0, 0.05) is 16.4 Å². The largest absolute Gasteiger partial charge is 0.206 e. The van der Waals surface area contributed by atoms with Gasteiger partial charge in [0.15, 0.2) is 17.5 Å². The molecule has 0 aromatic heterocycles. The molecule has 0 bridgehead atoms. The molecule has 0 atom stereocenters. The first-order chi connectivity index (χ1) is 14.9. The van der Waals surface area contributed by atoms with E-state index in [9.17, 15) is 13.2 Å². The van der Waals surface area contributed by atoms with Crippen LogP contribution in [0.15, 0.2) is 42.5 Å². The molecular weight excluding hydrogens is 364 g/mol. The topological polar surface area (TPSA) is 0 Å². The van der Waals surface area contributed by atoms with Crippen molar-refractivity contribution in [3.05, 3.63) is 71.3 Å². The van der Waals surface area contributed by atoms with Crippen molar-refractivity contribution in [1.29, 1.82) is 0 Å². The Morgan fingerprint density at radius 1 is 0.893 bits per heavy atom. The third kappa shape index (κ3) is 3.41. The van der Waals surface area contributed by atoms with E-state index in [0.29, 0.717) is 17.4 Å². The van der Waals surface area contributed by atoms with Crippen LogP contribution in [0.2, 0.25) is 0 Å². The van der Waals surface area contributed by atoms with Crippen LogP contribution < -0.4 is 0 Å². The van der Waals surface area contributed by atoms with E-state index in [1.54, 1.807) is 25.1 Å². The van der Waals surface area contributed by atoms with Gasteiger partial charge in [-0.15, -0.1) is 0 Å². The average Bonchev–Trinajstić information content (AvgIpc) is 2.70. The zero-order valence-corrected chi connectivity index (χ0v) is 15.3. The summed E-state index contributed by atoms with van der Waals surface area (Å²) in [6.45, 7) is 1.79. The maximum absolute atomic E-state index is 15.2.